The Morgan fingerprint density at radius 3 is 1.21 bits per heavy atom. The second-order valence-electron chi connectivity index (χ2n) is 4.85. The SMILES string of the molecule is B[N+](CCCC)(CCCC)CCCC. The Morgan fingerprint density at radius 2 is 1.00 bits per heavy atom. The van der Waals surface area contributed by atoms with Gasteiger partial charge in [-0.1, -0.05) is 40.0 Å². The number of hydrogen-bond donors (Lipinski definition) is 0. The third-order valence-electron chi connectivity index (χ3n) is 3.15. The molecule has 0 amide bonds. The van der Waals surface area contributed by atoms with E-state index >= 15 is 0 Å². The Bertz CT molecular complexity index is 104. The fraction of sp³-hybridized carbons (Fsp3) is 1.00. The highest BCUT2D eigenvalue weighted by molar-refractivity contribution is 5.97. The first-order valence-corrected chi connectivity index (χ1v) is 6.52. The minimum Gasteiger partial charge on any atom is -0.399 e. The lowest BCUT2D eigenvalue weighted by molar-refractivity contribution is -0.818. The van der Waals surface area contributed by atoms with Crippen LogP contribution in [0.25, 0.3) is 0 Å². The molecule has 0 N–H and O–H groups in total. The van der Waals surface area contributed by atoms with Crippen molar-refractivity contribution in [2.45, 2.75) is 59.3 Å². The second kappa shape index (κ2) is 8.34. The van der Waals surface area contributed by atoms with E-state index in [2.05, 4.69) is 28.8 Å². The van der Waals surface area contributed by atoms with Crippen LogP contribution >= 0.6 is 0 Å². The van der Waals surface area contributed by atoms with Crippen LogP contribution in [-0.2, 0) is 0 Å². The molecule has 2 heteroatoms. The van der Waals surface area contributed by atoms with E-state index in [0.717, 1.165) is 0 Å². The van der Waals surface area contributed by atoms with Gasteiger partial charge in [-0.25, -0.2) is 0 Å². The first-order valence-electron chi connectivity index (χ1n) is 6.52. The summed E-state index contributed by atoms with van der Waals surface area (Å²) in [6.45, 7) is 11.0. The highest BCUT2D eigenvalue weighted by Crippen LogP contribution is 2.09. The lowest BCUT2D eigenvalue weighted by atomic mass is 10.1. The largest absolute Gasteiger partial charge is 0.399 e. The summed E-state index contributed by atoms with van der Waals surface area (Å²) in [7, 11) is 2.45. The molecule has 0 radical (unpaired) electrons. The molecule has 84 valence electrons. The topological polar surface area (TPSA) is 0 Å². The van der Waals surface area contributed by atoms with Gasteiger partial charge in [-0.3, -0.25) is 0 Å². The van der Waals surface area contributed by atoms with Crippen molar-refractivity contribution < 1.29 is 4.39 Å². The van der Waals surface area contributed by atoms with Gasteiger partial charge in [-0.05, 0) is 19.3 Å². The third kappa shape index (κ3) is 6.47. The molecule has 0 saturated carbocycles. The Labute approximate surface area is 91.9 Å². The van der Waals surface area contributed by atoms with Crippen molar-refractivity contribution in [1.29, 1.82) is 0 Å². The van der Waals surface area contributed by atoms with Gasteiger partial charge in [-0.2, -0.15) is 0 Å². The number of unbranched alkanes of at least 4 members (excludes halogenated alkanes) is 3. The fourth-order valence-corrected chi connectivity index (χ4v) is 1.95. The maximum absolute atomic E-state index is 2.45. The van der Waals surface area contributed by atoms with E-state index in [-0.39, 0.29) is 0 Å². The molecule has 0 heterocycles. The monoisotopic (exact) mass is 198 g/mol. The van der Waals surface area contributed by atoms with E-state index in [1.165, 1.54) is 62.6 Å². The fourth-order valence-electron chi connectivity index (χ4n) is 1.95. The van der Waals surface area contributed by atoms with Crippen molar-refractivity contribution in [1.82, 2.24) is 0 Å². The van der Waals surface area contributed by atoms with Crippen molar-refractivity contribution in [3.05, 3.63) is 0 Å². The van der Waals surface area contributed by atoms with Crippen molar-refractivity contribution in [2.24, 2.45) is 0 Å². The Balaban J connectivity index is 3.89. The smallest absolute Gasteiger partial charge is 0.372 e. The highest BCUT2D eigenvalue weighted by atomic mass is 15.3. The van der Waals surface area contributed by atoms with Crippen molar-refractivity contribution in [2.75, 3.05) is 19.6 Å². The molecule has 0 aromatic carbocycles. The number of rotatable bonds is 9. The maximum Gasteiger partial charge on any atom is 0.372 e. The molecule has 0 bridgehead atoms. The number of quaternary nitrogens is 1. The minimum absolute atomic E-state index is 1.32. The van der Waals surface area contributed by atoms with Crippen LogP contribution in [0, 0.1) is 0 Å². The molecule has 0 saturated heterocycles. The van der Waals surface area contributed by atoms with Crippen LogP contribution in [0.15, 0.2) is 0 Å². The van der Waals surface area contributed by atoms with E-state index in [1.807, 2.05) is 0 Å². The van der Waals surface area contributed by atoms with E-state index in [1.54, 1.807) is 0 Å². The summed E-state index contributed by atoms with van der Waals surface area (Å²) in [5.74, 6) is 0. The first kappa shape index (κ1) is 14.0. The summed E-state index contributed by atoms with van der Waals surface area (Å²) in [5.41, 5.74) is 0. The molecular weight excluding hydrogens is 169 g/mol. The molecule has 0 spiro atoms. The molecule has 0 aliphatic heterocycles. The van der Waals surface area contributed by atoms with Crippen LogP contribution in [0.5, 0.6) is 0 Å². The van der Waals surface area contributed by atoms with Gasteiger partial charge in [0.1, 0.15) is 0 Å². The normalized spacial score (nSPS) is 11.9. The van der Waals surface area contributed by atoms with Gasteiger partial charge < -0.3 is 4.39 Å². The van der Waals surface area contributed by atoms with Crippen LogP contribution in [0.4, 0.5) is 0 Å². The van der Waals surface area contributed by atoms with Crippen LogP contribution in [-0.4, -0.2) is 32.0 Å². The average molecular weight is 198 g/mol. The molecule has 0 fully saturated rings. The van der Waals surface area contributed by atoms with Crippen LogP contribution in [0.2, 0.25) is 0 Å². The van der Waals surface area contributed by atoms with Gasteiger partial charge in [-0.15, -0.1) is 0 Å². The third-order valence-corrected chi connectivity index (χ3v) is 3.15. The van der Waals surface area contributed by atoms with Crippen LogP contribution in [0.1, 0.15) is 59.3 Å². The Kier molecular flexibility index (Phi) is 8.36. The van der Waals surface area contributed by atoms with Gasteiger partial charge in [0.15, 0.2) is 0 Å². The summed E-state index contributed by atoms with van der Waals surface area (Å²) in [6, 6.07) is 0. The molecule has 0 atom stereocenters. The highest BCUT2D eigenvalue weighted by Gasteiger charge is 2.18. The van der Waals surface area contributed by atoms with Gasteiger partial charge in [0.05, 0.1) is 19.6 Å². The molecular formula is C12H29BN+. The molecule has 0 aromatic rings. The maximum atomic E-state index is 2.45. The molecule has 1 nitrogen and oxygen atoms in total. The number of nitrogens with zero attached hydrogens (tertiary/aromatic N) is 1. The summed E-state index contributed by atoms with van der Waals surface area (Å²) >= 11 is 0. The molecule has 0 unspecified atom stereocenters. The van der Waals surface area contributed by atoms with E-state index in [0.29, 0.717) is 0 Å². The lowest BCUT2D eigenvalue weighted by Crippen LogP contribution is -2.47. The van der Waals surface area contributed by atoms with Crippen LogP contribution in [0.3, 0.4) is 0 Å². The minimum atomic E-state index is 1.32. The predicted octanol–water partition coefficient (Wildman–Crippen LogP) is 2.75. The van der Waals surface area contributed by atoms with Crippen molar-refractivity contribution >= 4 is 7.98 Å². The number of hydrogen-bond acceptors (Lipinski definition) is 0. The summed E-state index contributed by atoms with van der Waals surface area (Å²) in [6.07, 6.45) is 8.20. The first-order chi connectivity index (χ1) is 6.68. The van der Waals surface area contributed by atoms with E-state index < -0.39 is 0 Å². The van der Waals surface area contributed by atoms with E-state index in [9.17, 15) is 0 Å². The zero-order valence-electron chi connectivity index (χ0n) is 10.8. The standard InChI is InChI=1S/C12H29BN/c1-4-7-10-14(13,11-8-5-2)12-9-6-3/h4-13H2,1-3H3/q+1. The lowest BCUT2D eigenvalue weighted by Gasteiger charge is -2.36. The zero-order chi connectivity index (χ0) is 10.9. The molecule has 0 aromatic heterocycles. The van der Waals surface area contributed by atoms with Crippen LogP contribution < -0.4 is 0 Å². The predicted molar refractivity (Wildman–Crippen MR) is 68.1 cm³/mol. The molecule has 0 aliphatic carbocycles. The van der Waals surface area contributed by atoms with E-state index in [4.69, 9.17) is 0 Å². The molecule has 0 rings (SSSR count). The summed E-state index contributed by atoms with van der Waals surface area (Å²) in [5, 5.41) is 0. The van der Waals surface area contributed by atoms with Gasteiger partial charge in [0.25, 0.3) is 0 Å². The second-order valence-corrected chi connectivity index (χ2v) is 4.85. The quantitative estimate of drug-likeness (QED) is 0.500. The van der Waals surface area contributed by atoms with Crippen molar-refractivity contribution in [3.63, 3.8) is 0 Å². The average Bonchev–Trinajstić information content (AvgIpc) is 2.21. The van der Waals surface area contributed by atoms with Gasteiger partial charge >= 0.3 is 7.98 Å². The van der Waals surface area contributed by atoms with Crippen molar-refractivity contribution in [3.8, 4) is 0 Å². The molecule has 0 aliphatic rings. The summed E-state index contributed by atoms with van der Waals surface area (Å²) in [4.78, 5) is 0. The van der Waals surface area contributed by atoms with Gasteiger partial charge in [0, 0.05) is 0 Å². The van der Waals surface area contributed by atoms with Gasteiger partial charge in [0.2, 0.25) is 0 Å². The molecule has 14 heavy (non-hydrogen) atoms. The zero-order valence-corrected chi connectivity index (χ0v) is 10.8. The summed E-state index contributed by atoms with van der Waals surface area (Å²) < 4.78 is 1.32. The Morgan fingerprint density at radius 1 is 0.714 bits per heavy atom. The Hall–Kier alpha value is 0.0249.